The molecule has 2 fully saturated rings. The number of hydrazine groups is 1. The number of likely N-dealkylation sites (tertiary alicyclic amines) is 1. The van der Waals surface area contributed by atoms with Crippen LogP contribution in [0.5, 0.6) is 0 Å². The first kappa shape index (κ1) is 17.1. The molecule has 3 atom stereocenters. The van der Waals surface area contributed by atoms with Gasteiger partial charge < -0.3 is 4.74 Å². The van der Waals surface area contributed by atoms with E-state index in [4.69, 9.17) is 4.74 Å². The summed E-state index contributed by atoms with van der Waals surface area (Å²) in [5.74, 6) is -1.35. The Morgan fingerprint density at radius 3 is 2.62 bits per heavy atom. The van der Waals surface area contributed by atoms with E-state index < -0.39 is 30.0 Å². The summed E-state index contributed by atoms with van der Waals surface area (Å²) in [7, 11) is 2.69. The summed E-state index contributed by atoms with van der Waals surface area (Å²) in [6, 6.07) is 2.45. The smallest absolute Gasteiger partial charge is 0.424 e. The van der Waals surface area contributed by atoms with E-state index in [1.807, 2.05) is 17.5 Å². The lowest BCUT2D eigenvalue weighted by Gasteiger charge is -2.33. The number of likely N-dealkylation sites (N-methyl/N-ethyl adjacent to an activating group) is 1. The van der Waals surface area contributed by atoms with E-state index in [0.717, 1.165) is 9.78 Å². The monoisotopic (exact) mass is 413 g/mol. The highest BCUT2D eigenvalue weighted by molar-refractivity contribution is 9.11. The number of methoxy groups -OCH3 is 1. The number of nitrogens with zero attached hydrogens (tertiary/aromatic N) is 3. The highest BCUT2D eigenvalue weighted by Crippen LogP contribution is 2.47. The molecule has 9 heteroatoms. The van der Waals surface area contributed by atoms with Crippen LogP contribution in [0.4, 0.5) is 4.79 Å². The van der Waals surface area contributed by atoms with Crippen LogP contribution in [0.25, 0.3) is 0 Å². The normalized spacial score (nSPS) is 26.9. The molecule has 1 aromatic rings. The number of rotatable bonds is 3. The van der Waals surface area contributed by atoms with Crippen LogP contribution >= 0.6 is 27.3 Å². The second kappa shape index (κ2) is 6.30. The van der Waals surface area contributed by atoms with Crippen molar-refractivity contribution in [2.75, 3.05) is 20.7 Å². The number of amides is 3. The third-order valence-corrected chi connectivity index (χ3v) is 5.46. The molecule has 2 saturated heterocycles. The Labute approximate surface area is 151 Å². The fourth-order valence-corrected chi connectivity index (χ4v) is 4.44. The first-order valence-corrected chi connectivity index (χ1v) is 8.87. The van der Waals surface area contributed by atoms with Gasteiger partial charge in [0.2, 0.25) is 5.91 Å². The van der Waals surface area contributed by atoms with Crippen molar-refractivity contribution in [2.24, 2.45) is 5.92 Å². The Balaban J connectivity index is 2.13. The number of imide groups is 1. The van der Waals surface area contributed by atoms with Crippen LogP contribution in [0.2, 0.25) is 0 Å². The average Bonchev–Trinajstić information content (AvgIpc) is 3.21. The molecule has 2 aliphatic heterocycles. The number of fused-ring (bicyclic) bond motifs is 1. The van der Waals surface area contributed by atoms with Gasteiger partial charge in [0.1, 0.15) is 6.04 Å². The molecule has 0 radical (unpaired) electrons. The van der Waals surface area contributed by atoms with Crippen LogP contribution in [0, 0.1) is 5.92 Å². The maximum atomic E-state index is 12.7. The van der Waals surface area contributed by atoms with Crippen molar-refractivity contribution in [3.05, 3.63) is 33.5 Å². The topological polar surface area (TPSA) is 70.2 Å². The summed E-state index contributed by atoms with van der Waals surface area (Å²) in [5.41, 5.74) is 0. The lowest BCUT2D eigenvalue weighted by Crippen LogP contribution is -2.50. The lowest BCUT2D eigenvalue weighted by molar-refractivity contribution is -0.142. The highest BCUT2D eigenvalue weighted by Gasteiger charge is 2.63. The van der Waals surface area contributed by atoms with Gasteiger partial charge in [-0.2, -0.15) is 0 Å². The zero-order valence-electron chi connectivity index (χ0n) is 13.1. The summed E-state index contributed by atoms with van der Waals surface area (Å²) in [4.78, 5) is 39.6. The molecule has 0 unspecified atom stereocenters. The third kappa shape index (κ3) is 2.47. The predicted octanol–water partition coefficient (Wildman–Crippen LogP) is 1.98. The van der Waals surface area contributed by atoms with Crippen molar-refractivity contribution in [2.45, 2.75) is 12.1 Å². The van der Waals surface area contributed by atoms with Crippen molar-refractivity contribution in [1.29, 1.82) is 0 Å². The molecule has 3 amide bonds. The second-order valence-electron chi connectivity index (χ2n) is 5.60. The van der Waals surface area contributed by atoms with Crippen LogP contribution in [-0.4, -0.2) is 59.6 Å². The minimum Gasteiger partial charge on any atom is -0.452 e. The quantitative estimate of drug-likeness (QED) is 0.708. The molecule has 0 N–H and O–H groups in total. The van der Waals surface area contributed by atoms with Gasteiger partial charge in [0.25, 0.3) is 5.91 Å². The predicted molar refractivity (Wildman–Crippen MR) is 91.1 cm³/mol. The van der Waals surface area contributed by atoms with Crippen molar-refractivity contribution in [3.8, 4) is 0 Å². The van der Waals surface area contributed by atoms with Crippen molar-refractivity contribution >= 4 is 45.2 Å². The molecule has 2 aliphatic rings. The van der Waals surface area contributed by atoms with Gasteiger partial charge in [0.05, 0.1) is 25.6 Å². The van der Waals surface area contributed by atoms with E-state index in [0.29, 0.717) is 4.48 Å². The van der Waals surface area contributed by atoms with E-state index >= 15 is 0 Å². The molecule has 3 rings (SSSR count). The molecule has 0 spiro atoms. The molecule has 0 aromatic carbocycles. The number of hydrogen-bond acceptors (Lipinski definition) is 6. The minimum absolute atomic E-state index is 0.273. The van der Waals surface area contributed by atoms with E-state index in [-0.39, 0.29) is 12.5 Å². The lowest BCUT2D eigenvalue weighted by atomic mass is 9.94. The first-order valence-electron chi connectivity index (χ1n) is 7.20. The van der Waals surface area contributed by atoms with Crippen LogP contribution in [0.1, 0.15) is 10.9 Å². The molecule has 0 bridgehead atoms. The van der Waals surface area contributed by atoms with Crippen molar-refractivity contribution in [1.82, 2.24) is 14.9 Å². The van der Waals surface area contributed by atoms with Gasteiger partial charge in [0.15, 0.2) is 0 Å². The number of hydrogen-bond donors (Lipinski definition) is 0. The van der Waals surface area contributed by atoms with E-state index in [1.165, 1.54) is 30.5 Å². The Morgan fingerprint density at radius 2 is 2.08 bits per heavy atom. The van der Waals surface area contributed by atoms with Gasteiger partial charge in [-0.1, -0.05) is 28.6 Å². The molecular formula is C15H16BrN3O4S. The van der Waals surface area contributed by atoms with Gasteiger partial charge in [-0.3, -0.25) is 14.5 Å². The standard InChI is InChI=1S/C15H16BrN3O4S/c1-8(16)7-18-11(9-5-4-6-24-9)10-12(19(18)15(22)23-3)14(21)17(2)13(10)20/h4-6,10-12H,1,7H2,2-3H3/t10-,11+,12+/m1/s1. The van der Waals surface area contributed by atoms with Crippen molar-refractivity contribution < 1.29 is 19.1 Å². The minimum atomic E-state index is -0.895. The highest BCUT2D eigenvalue weighted by atomic mass is 79.9. The van der Waals surface area contributed by atoms with Crippen LogP contribution in [0.3, 0.4) is 0 Å². The SMILES string of the molecule is C=C(Br)CN1[C@@H](c2cccs2)[C@H]2C(=O)N(C)C(=O)[C@H]2N1C(=O)OC. The van der Waals surface area contributed by atoms with Crippen LogP contribution < -0.4 is 0 Å². The van der Waals surface area contributed by atoms with Crippen LogP contribution in [-0.2, 0) is 14.3 Å². The summed E-state index contributed by atoms with van der Waals surface area (Å²) >= 11 is 4.78. The fourth-order valence-electron chi connectivity index (χ4n) is 3.31. The van der Waals surface area contributed by atoms with Crippen LogP contribution in [0.15, 0.2) is 28.6 Å². The molecule has 24 heavy (non-hydrogen) atoms. The zero-order chi connectivity index (χ0) is 17.6. The Bertz CT molecular complexity index is 708. The molecule has 128 valence electrons. The number of ether oxygens (including phenoxy) is 1. The largest absolute Gasteiger partial charge is 0.452 e. The number of carbonyl (C=O) groups is 3. The summed E-state index contributed by atoms with van der Waals surface area (Å²) in [6.07, 6.45) is -0.672. The fraction of sp³-hybridized carbons (Fsp3) is 0.400. The molecule has 1 aromatic heterocycles. The Kier molecular flexibility index (Phi) is 4.50. The van der Waals surface area contributed by atoms with E-state index in [2.05, 4.69) is 22.5 Å². The average molecular weight is 414 g/mol. The molecular weight excluding hydrogens is 398 g/mol. The van der Waals surface area contributed by atoms with E-state index in [1.54, 1.807) is 5.01 Å². The number of carbonyl (C=O) groups excluding carboxylic acids is 3. The summed E-state index contributed by atoms with van der Waals surface area (Å²) in [6.45, 7) is 4.09. The van der Waals surface area contributed by atoms with Gasteiger partial charge in [-0.15, -0.1) is 11.3 Å². The third-order valence-electron chi connectivity index (χ3n) is 4.27. The Hall–Kier alpha value is -1.71. The summed E-state index contributed by atoms with van der Waals surface area (Å²) < 4.78 is 5.49. The number of halogens is 1. The van der Waals surface area contributed by atoms with Gasteiger partial charge in [0, 0.05) is 16.4 Å². The summed E-state index contributed by atoms with van der Waals surface area (Å²) in [5, 5.41) is 4.84. The van der Waals surface area contributed by atoms with Gasteiger partial charge >= 0.3 is 6.09 Å². The van der Waals surface area contributed by atoms with Gasteiger partial charge in [-0.25, -0.2) is 14.8 Å². The maximum Gasteiger partial charge on any atom is 0.424 e. The second-order valence-corrected chi connectivity index (χ2v) is 7.70. The molecule has 7 nitrogen and oxygen atoms in total. The Morgan fingerprint density at radius 1 is 1.38 bits per heavy atom. The van der Waals surface area contributed by atoms with E-state index in [9.17, 15) is 14.4 Å². The maximum absolute atomic E-state index is 12.7. The molecule has 0 saturated carbocycles. The molecule has 3 heterocycles. The zero-order valence-corrected chi connectivity index (χ0v) is 15.5. The van der Waals surface area contributed by atoms with Crippen molar-refractivity contribution in [3.63, 3.8) is 0 Å². The van der Waals surface area contributed by atoms with Gasteiger partial charge in [-0.05, 0) is 11.4 Å². The number of thiophene rings is 1. The molecule has 0 aliphatic carbocycles. The first-order chi connectivity index (χ1) is 11.4.